The number of hydrogen-bond acceptors (Lipinski definition) is 4. The average molecular weight is 366 g/mol. The first-order chi connectivity index (χ1) is 12.5. The van der Waals surface area contributed by atoms with E-state index >= 15 is 0 Å². The largest absolute Gasteiger partial charge is 0.493 e. The van der Waals surface area contributed by atoms with E-state index < -0.39 is 6.03 Å². The molecule has 0 spiro atoms. The minimum absolute atomic E-state index is 0.234. The van der Waals surface area contributed by atoms with Crippen LogP contribution >= 0.6 is 0 Å². The summed E-state index contributed by atoms with van der Waals surface area (Å²) in [5.41, 5.74) is 1.20. The van der Waals surface area contributed by atoms with Crippen LogP contribution in [0, 0.1) is 0 Å². The topological polar surface area (TPSA) is 85.5 Å². The molecule has 0 radical (unpaired) electrons. The maximum atomic E-state index is 12.1. The van der Waals surface area contributed by atoms with Crippen LogP contribution in [0.4, 0.5) is 4.79 Å². The molecule has 2 rings (SSSR count). The number of piperazine rings is 1. The zero-order valence-electron chi connectivity index (χ0n) is 16.0. The molecule has 1 heterocycles. The molecule has 1 aromatic rings. The number of rotatable bonds is 6. The Morgan fingerprint density at radius 2 is 1.77 bits per heavy atom. The van der Waals surface area contributed by atoms with Gasteiger partial charge in [-0.25, -0.2) is 4.79 Å². The molecule has 3 amide bonds. The average Bonchev–Trinajstić information content (AvgIpc) is 2.67. The van der Waals surface area contributed by atoms with Crippen LogP contribution in [0.15, 0.2) is 18.2 Å². The standard InChI is InChI=1S/C18H28N4O4/c1-13(17(23)20-18(24)19-2)22-9-7-21(8-10-22)12-14-5-6-15(25-3)16(11-14)26-4/h5-6,11,13H,7-10,12H2,1-4H3,(H2,19,20,23,24)/p+2/t13-/m1/s1. The Morgan fingerprint density at radius 3 is 2.35 bits per heavy atom. The molecular formula is C18H30N4O4+2. The first-order valence-corrected chi connectivity index (χ1v) is 8.90. The van der Waals surface area contributed by atoms with E-state index in [1.165, 1.54) is 22.4 Å². The predicted octanol–water partition coefficient (Wildman–Crippen LogP) is -2.17. The SMILES string of the molecule is CNC(=O)NC(=O)[C@@H](C)[NH+]1CC[NH+](Cc2ccc(OC)c(OC)c2)CC1. The molecule has 0 aliphatic carbocycles. The van der Waals surface area contributed by atoms with Crippen LogP contribution in [0.25, 0.3) is 0 Å². The molecule has 0 saturated carbocycles. The summed E-state index contributed by atoms with van der Waals surface area (Å²) in [6, 6.07) is 5.31. The second-order valence-corrected chi connectivity index (χ2v) is 6.56. The van der Waals surface area contributed by atoms with E-state index in [-0.39, 0.29) is 11.9 Å². The first kappa shape index (κ1) is 20.0. The van der Waals surface area contributed by atoms with E-state index in [4.69, 9.17) is 9.47 Å². The Balaban J connectivity index is 1.86. The third-order valence-corrected chi connectivity index (χ3v) is 4.97. The maximum Gasteiger partial charge on any atom is 0.321 e. The molecule has 1 atom stereocenters. The molecule has 1 aliphatic heterocycles. The number of hydrogen-bond donors (Lipinski definition) is 4. The fourth-order valence-electron chi connectivity index (χ4n) is 3.28. The molecule has 4 N–H and O–H groups in total. The molecule has 1 saturated heterocycles. The summed E-state index contributed by atoms with van der Waals surface area (Å²) in [4.78, 5) is 26.1. The van der Waals surface area contributed by atoms with Gasteiger partial charge in [0.25, 0.3) is 5.91 Å². The number of nitrogens with one attached hydrogen (secondary N) is 4. The van der Waals surface area contributed by atoms with Gasteiger partial charge in [-0.15, -0.1) is 0 Å². The van der Waals surface area contributed by atoms with Crippen LogP contribution in [0.5, 0.6) is 11.5 Å². The first-order valence-electron chi connectivity index (χ1n) is 8.90. The Hall–Kier alpha value is -2.32. The lowest BCUT2D eigenvalue weighted by molar-refractivity contribution is -1.02. The zero-order chi connectivity index (χ0) is 19.1. The van der Waals surface area contributed by atoms with E-state index in [1.54, 1.807) is 14.2 Å². The Labute approximate surface area is 154 Å². The van der Waals surface area contributed by atoms with Crippen molar-refractivity contribution in [3.8, 4) is 11.5 Å². The fourth-order valence-corrected chi connectivity index (χ4v) is 3.28. The minimum Gasteiger partial charge on any atom is -0.493 e. The van der Waals surface area contributed by atoms with Gasteiger partial charge in [-0.3, -0.25) is 10.1 Å². The Bertz CT molecular complexity index is 630. The molecule has 26 heavy (non-hydrogen) atoms. The van der Waals surface area contributed by atoms with Crippen molar-refractivity contribution in [1.82, 2.24) is 10.6 Å². The minimum atomic E-state index is -0.459. The lowest BCUT2D eigenvalue weighted by atomic mass is 10.1. The van der Waals surface area contributed by atoms with Crippen LogP contribution in [0.2, 0.25) is 0 Å². The van der Waals surface area contributed by atoms with Gasteiger partial charge in [0.2, 0.25) is 0 Å². The molecule has 1 aliphatic rings. The van der Waals surface area contributed by atoms with Crippen LogP contribution in [-0.2, 0) is 11.3 Å². The van der Waals surface area contributed by atoms with E-state index in [0.29, 0.717) is 0 Å². The second kappa shape index (κ2) is 9.40. The summed E-state index contributed by atoms with van der Waals surface area (Å²) in [6.45, 7) is 6.51. The van der Waals surface area contributed by atoms with E-state index in [2.05, 4.69) is 16.7 Å². The summed E-state index contributed by atoms with van der Waals surface area (Å²) in [7, 11) is 4.77. The van der Waals surface area contributed by atoms with Crippen molar-refractivity contribution in [1.29, 1.82) is 0 Å². The molecule has 144 valence electrons. The van der Waals surface area contributed by atoms with Crippen molar-refractivity contribution in [2.24, 2.45) is 0 Å². The molecule has 0 aromatic heterocycles. The van der Waals surface area contributed by atoms with Gasteiger partial charge in [-0.2, -0.15) is 0 Å². The van der Waals surface area contributed by atoms with E-state index in [0.717, 1.165) is 44.2 Å². The van der Waals surface area contributed by atoms with Crippen molar-refractivity contribution in [3.05, 3.63) is 23.8 Å². The highest BCUT2D eigenvalue weighted by atomic mass is 16.5. The summed E-state index contributed by atoms with van der Waals surface area (Å²) in [6.07, 6.45) is 0. The molecule has 8 heteroatoms. The Morgan fingerprint density at radius 1 is 1.12 bits per heavy atom. The van der Waals surface area contributed by atoms with Crippen LogP contribution in [-0.4, -0.2) is 65.4 Å². The number of amides is 3. The van der Waals surface area contributed by atoms with Crippen LogP contribution in [0.3, 0.4) is 0 Å². The number of methoxy groups -OCH3 is 2. The van der Waals surface area contributed by atoms with Crippen molar-refractivity contribution in [2.75, 3.05) is 47.4 Å². The number of carbonyl (C=O) groups excluding carboxylic acids is 2. The van der Waals surface area contributed by atoms with Crippen molar-refractivity contribution < 1.29 is 28.9 Å². The van der Waals surface area contributed by atoms with Gasteiger partial charge in [0, 0.05) is 12.6 Å². The molecule has 0 bridgehead atoms. The summed E-state index contributed by atoms with van der Waals surface area (Å²) in [5.74, 6) is 1.24. The summed E-state index contributed by atoms with van der Waals surface area (Å²) in [5, 5.41) is 4.76. The van der Waals surface area contributed by atoms with Crippen molar-refractivity contribution >= 4 is 11.9 Å². The zero-order valence-corrected chi connectivity index (χ0v) is 16.0. The monoisotopic (exact) mass is 366 g/mol. The number of ether oxygens (including phenoxy) is 2. The van der Waals surface area contributed by atoms with Gasteiger partial charge in [0.05, 0.1) is 14.2 Å². The highest BCUT2D eigenvalue weighted by molar-refractivity contribution is 5.96. The normalized spacial score (nSPS) is 20.8. The highest BCUT2D eigenvalue weighted by Gasteiger charge is 2.31. The van der Waals surface area contributed by atoms with Crippen LogP contribution < -0.4 is 29.9 Å². The summed E-state index contributed by atoms with van der Waals surface area (Å²) >= 11 is 0. The lowest BCUT2D eigenvalue weighted by Gasteiger charge is -2.32. The van der Waals surface area contributed by atoms with Gasteiger partial charge in [0.15, 0.2) is 17.5 Å². The van der Waals surface area contributed by atoms with Gasteiger partial charge < -0.3 is 24.6 Å². The summed E-state index contributed by atoms with van der Waals surface area (Å²) < 4.78 is 10.6. The molecular weight excluding hydrogens is 336 g/mol. The number of urea groups is 1. The van der Waals surface area contributed by atoms with Crippen LogP contribution in [0.1, 0.15) is 12.5 Å². The second-order valence-electron chi connectivity index (χ2n) is 6.56. The predicted molar refractivity (Wildman–Crippen MR) is 96.7 cm³/mol. The third kappa shape index (κ3) is 5.09. The van der Waals surface area contributed by atoms with E-state index in [1.807, 2.05) is 19.1 Å². The highest BCUT2D eigenvalue weighted by Crippen LogP contribution is 2.27. The number of quaternary nitrogens is 2. The van der Waals surface area contributed by atoms with Crippen molar-refractivity contribution in [2.45, 2.75) is 19.5 Å². The number of benzene rings is 1. The maximum absolute atomic E-state index is 12.1. The third-order valence-electron chi connectivity index (χ3n) is 4.97. The number of carbonyl (C=O) groups is 2. The van der Waals surface area contributed by atoms with Gasteiger partial charge in [0.1, 0.15) is 32.7 Å². The molecule has 8 nitrogen and oxygen atoms in total. The van der Waals surface area contributed by atoms with Crippen molar-refractivity contribution in [3.63, 3.8) is 0 Å². The smallest absolute Gasteiger partial charge is 0.321 e. The van der Waals surface area contributed by atoms with Gasteiger partial charge in [-0.05, 0) is 25.1 Å². The van der Waals surface area contributed by atoms with Gasteiger partial charge >= 0.3 is 6.03 Å². The molecule has 1 aromatic carbocycles. The fraction of sp³-hybridized carbons (Fsp3) is 0.556. The molecule has 1 fully saturated rings. The quantitative estimate of drug-likeness (QED) is 0.462. The molecule has 0 unspecified atom stereocenters. The Kier molecular flexibility index (Phi) is 7.23. The number of imide groups is 1. The lowest BCUT2D eigenvalue weighted by Crippen LogP contribution is -3.29. The van der Waals surface area contributed by atoms with E-state index in [9.17, 15) is 9.59 Å². The van der Waals surface area contributed by atoms with Gasteiger partial charge in [-0.1, -0.05) is 0 Å².